The van der Waals surface area contributed by atoms with Crippen molar-refractivity contribution in [3.63, 3.8) is 0 Å². The monoisotopic (exact) mass is 708 g/mol. The Labute approximate surface area is 238 Å². The van der Waals surface area contributed by atoms with Crippen LogP contribution in [0.15, 0.2) is 0 Å². The molecule has 0 aliphatic carbocycles. The van der Waals surface area contributed by atoms with Gasteiger partial charge in [-0.25, -0.2) is 0 Å². The number of carbonyl (C=O) groups is 8. The van der Waals surface area contributed by atoms with Crippen LogP contribution < -0.4 is 32.7 Å². The third-order valence-corrected chi connectivity index (χ3v) is 11.8. The van der Waals surface area contributed by atoms with E-state index in [1.807, 2.05) is 0 Å². The van der Waals surface area contributed by atoms with Gasteiger partial charge in [-0.1, -0.05) is 0 Å². The molecule has 0 rings (SSSR count). The summed E-state index contributed by atoms with van der Waals surface area (Å²) in [6, 6.07) is -4.92. The van der Waals surface area contributed by atoms with Gasteiger partial charge in [0.1, 0.15) is 0 Å². The van der Waals surface area contributed by atoms with Crippen molar-refractivity contribution in [3.8, 4) is 0 Å². The van der Waals surface area contributed by atoms with E-state index in [0.717, 1.165) is 0 Å². The topological polar surface area (TPSA) is 318 Å². The second-order valence-corrected chi connectivity index (χ2v) is 15.5. The van der Waals surface area contributed by atoms with Crippen molar-refractivity contribution < 1.29 is 58.8 Å². The number of nitrogens with one attached hydrogen (secondary N) is 4. The Morgan fingerprint density at radius 2 is 0.925 bits per heavy atom. The normalized spacial score (nSPS) is 13.6. The molecule has 40 heavy (non-hydrogen) atoms. The first kappa shape index (κ1) is 36.7. The molecule has 0 aromatic rings. The van der Waals surface area contributed by atoms with Crippen molar-refractivity contribution in [2.45, 2.75) is 60.5 Å². The summed E-state index contributed by atoms with van der Waals surface area (Å²) in [6.45, 7) is -1.42. The molecule has 0 aromatic carbocycles. The number of hydrogen-bond acceptors (Lipinski definition) is 10. The van der Waals surface area contributed by atoms with Crippen molar-refractivity contribution >= 4 is 73.8 Å². The van der Waals surface area contributed by atoms with E-state index in [4.69, 9.17) is 31.9 Å². The van der Waals surface area contributed by atoms with Gasteiger partial charge in [-0.3, -0.25) is 0 Å². The molecular weight excluding hydrogens is 674 g/mol. The van der Waals surface area contributed by atoms with Crippen LogP contribution in [0.5, 0.6) is 0 Å². The Morgan fingerprint density at radius 1 is 0.600 bits per heavy atom. The fraction of sp³-hybridized carbons (Fsp3) is 0.600. The average molecular weight is 706 g/mol. The van der Waals surface area contributed by atoms with E-state index in [-0.39, 0.29) is 36.3 Å². The molecule has 0 heterocycles. The molecule has 4 amide bonds. The molecule has 0 aliphatic heterocycles. The molecule has 0 radical (unpaired) electrons. The third-order valence-electron chi connectivity index (χ3n) is 4.68. The van der Waals surface area contributed by atoms with Crippen molar-refractivity contribution in [2.24, 2.45) is 11.5 Å². The van der Waals surface area contributed by atoms with Gasteiger partial charge in [0.05, 0.1) is 0 Å². The number of amides is 4. The molecule has 0 bridgehead atoms. The van der Waals surface area contributed by atoms with E-state index in [1.54, 1.807) is 0 Å². The molecule has 0 unspecified atom stereocenters. The molecule has 20 heteroatoms. The first-order chi connectivity index (χ1) is 18.6. The van der Waals surface area contributed by atoms with Crippen LogP contribution in [-0.4, -0.2) is 131 Å². The molecular formula is C20H32N6O12Se2. The fourth-order valence-corrected chi connectivity index (χ4v) is 9.55. The summed E-state index contributed by atoms with van der Waals surface area (Å²) >= 11 is -0.824. The standard InChI is InChI=1S/C20H32N6O12Se2/c21-9(19(35)36)1-3-13(27)25-11(17(33)23-5-15(29)30)7-39-40-8-12(18(34)24-6-16(31)32)26-14(28)4-2-10(22)20(37)38/h9-12H,1-8,21-22H2,(H,23,33)(H,24,34)(H,25,27)(H,26,28)(H,29,30)(H,31,32)(H,35,36)(H,37,38)/t9-,10-,11-,12-/m0/s1. The van der Waals surface area contributed by atoms with E-state index in [1.165, 1.54) is 0 Å². The van der Waals surface area contributed by atoms with Crippen LogP contribution in [0.3, 0.4) is 0 Å². The Balaban J connectivity index is 5.18. The Bertz CT molecular complexity index is 879. The van der Waals surface area contributed by atoms with Gasteiger partial charge >= 0.3 is 239 Å². The zero-order valence-corrected chi connectivity index (χ0v) is 24.4. The van der Waals surface area contributed by atoms with Crippen LogP contribution in [0, 0.1) is 0 Å². The van der Waals surface area contributed by atoms with Crippen molar-refractivity contribution in [3.05, 3.63) is 0 Å². The van der Waals surface area contributed by atoms with Crippen molar-refractivity contribution in [2.75, 3.05) is 13.1 Å². The Morgan fingerprint density at radius 3 is 1.20 bits per heavy atom. The number of carboxylic acids is 4. The fourth-order valence-electron chi connectivity index (χ4n) is 2.52. The van der Waals surface area contributed by atoms with Gasteiger partial charge in [0.25, 0.3) is 0 Å². The molecule has 12 N–H and O–H groups in total. The van der Waals surface area contributed by atoms with Crippen molar-refractivity contribution in [1.29, 1.82) is 0 Å². The molecule has 0 aromatic heterocycles. The number of hydrogen-bond donors (Lipinski definition) is 10. The molecule has 0 fully saturated rings. The predicted octanol–water partition coefficient (Wildman–Crippen LogP) is -5.10. The van der Waals surface area contributed by atoms with Gasteiger partial charge in [0.15, 0.2) is 0 Å². The predicted molar refractivity (Wildman–Crippen MR) is 136 cm³/mol. The molecule has 18 nitrogen and oxygen atoms in total. The molecule has 0 saturated carbocycles. The van der Waals surface area contributed by atoms with Gasteiger partial charge in [-0.15, -0.1) is 0 Å². The van der Waals surface area contributed by atoms with Gasteiger partial charge in [-0.05, 0) is 0 Å². The van der Waals surface area contributed by atoms with Crippen LogP contribution >= 0.6 is 0 Å². The second kappa shape index (κ2) is 19.7. The minimum absolute atomic E-state index is 0.0556. The average Bonchev–Trinajstić information content (AvgIpc) is 2.87. The van der Waals surface area contributed by atoms with Gasteiger partial charge in [0.2, 0.25) is 0 Å². The summed E-state index contributed by atoms with van der Waals surface area (Å²) in [5, 5.41) is 44.4. The summed E-state index contributed by atoms with van der Waals surface area (Å²) in [5.41, 5.74) is 10.7. The first-order valence-corrected chi connectivity index (χ1v) is 18.2. The van der Waals surface area contributed by atoms with Gasteiger partial charge < -0.3 is 0 Å². The van der Waals surface area contributed by atoms with E-state index < -0.39 is 111 Å². The maximum atomic E-state index is 12.4. The van der Waals surface area contributed by atoms with E-state index in [2.05, 4.69) is 21.3 Å². The number of nitrogens with two attached hydrogens (primary N) is 2. The summed E-state index contributed by atoms with van der Waals surface area (Å²) < 4.78 is 0. The Kier molecular flexibility index (Phi) is 18.1. The van der Waals surface area contributed by atoms with Crippen LogP contribution in [0.4, 0.5) is 0 Å². The van der Waals surface area contributed by atoms with Crippen LogP contribution in [-0.2, 0) is 38.4 Å². The number of carboxylic acid groups (broad SMARTS) is 4. The van der Waals surface area contributed by atoms with E-state index in [9.17, 15) is 38.4 Å². The number of aliphatic carboxylic acids is 4. The SMILES string of the molecule is N[C@@H](CCC(=O)N[C@@H](C[Se][Se]C[C@H](NC(=O)CC[C@H](N)C(=O)O)C(=O)NCC(=O)O)C(=O)NCC(=O)O)C(=O)O. The molecule has 0 spiro atoms. The first-order valence-electron chi connectivity index (χ1n) is 11.4. The molecule has 4 atom stereocenters. The zero-order valence-electron chi connectivity index (χ0n) is 21.0. The van der Waals surface area contributed by atoms with E-state index in [0.29, 0.717) is 0 Å². The van der Waals surface area contributed by atoms with E-state index >= 15 is 0 Å². The Hall–Kier alpha value is -3.28. The summed E-state index contributed by atoms with van der Waals surface area (Å²) in [6.07, 6.45) is -1.02. The minimum atomic E-state index is -1.32. The summed E-state index contributed by atoms with van der Waals surface area (Å²) in [7, 11) is 0. The van der Waals surface area contributed by atoms with Crippen LogP contribution in [0.1, 0.15) is 25.7 Å². The number of carbonyl (C=O) groups excluding carboxylic acids is 4. The summed E-state index contributed by atoms with van der Waals surface area (Å²) in [5.74, 6) is -8.24. The summed E-state index contributed by atoms with van der Waals surface area (Å²) in [4.78, 5) is 92.5. The quantitative estimate of drug-likeness (QED) is 0.0395. The molecule has 0 saturated heterocycles. The zero-order chi connectivity index (χ0) is 30.8. The van der Waals surface area contributed by atoms with Crippen LogP contribution in [0.2, 0.25) is 10.6 Å². The van der Waals surface area contributed by atoms with Crippen molar-refractivity contribution in [1.82, 2.24) is 21.3 Å². The third kappa shape index (κ3) is 17.3. The second-order valence-electron chi connectivity index (χ2n) is 8.00. The maximum absolute atomic E-state index is 12.4. The van der Waals surface area contributed by atoms with Crippen LogP contribution in [0.25, 0.3) is 0 Å². The molecule has 0 aliphatic rings. The number of rotatable bonds is 21. The molecule has 226 valence electrons. The van der Waals surface area contributed by atoms with Gasteiger partial charge in [0, 0.05) is 0 Å². The van der Waals surface area contributed by atoms with Gasteiger partial charge in [-0.2, -0.15) is 0 Å².